The Hall–Kier alpha value is -9.49. The first-order chi connectivity index (χ1) is 61.1. The van der Waals surface area contributed by atoms with Gasteiger partial charge in [-0.3, -0.25) is 48.0 Å². The summed E-state index contributed by atoms with van der Waals surface area (Å²) in [6.45, 7) is 16.5. The number of β-amino-alcohol motifs (C(OH)–C–C–N with tert-alkyl or cyclic N) is 2. The van der Waals surface area contributed by atoms with E-state index in [1.165, 1.54) is 70.3 Å². The number of rotatable bonds is 47. The van der Waals surface area contributed by atoms with Crippen molar-refractivity contribution in [2.75, 3.05) is 44.6 Å². The molecular weight excluding hydrogens is 1790 g/mol. The number of aryl methyl sites for hydroxylation is 2. The van der Waals surface area contributed by atoms with Gasteiger partial charge in [0.25, 0.3) is 5.91 Å². The highest BCUT2D eigenvalue weighted by atomic mass is 127. The van der Waals surface area contributed by atoms with Gasteiger partial charge in [0.05, 0.1) is 105 Å². The maximum absolute atomic E-state index is 14.7. The Morgan fingerprint density at radius 1 is 0.555 bits per heavy atom. The van der Waals surface area contributed by atoms with E-state index in [4.69, 9.17) is 10.6 Å². The Bertz CT molecular complexity index is 4830. The number of amides is 9. The molecule has 694 valence electrons. The van der Waals surface area contributed by atoms with E-state index in [1.807, 2.05) is 85.0 Å². The molecular formula is C95H127F3IN15O12S2. The van der Waals surface area contributed by atoms with Crippen LogP contribution in [-0.2, 0) is 43.2 Å². The molecule has 12 N–H and O–H groups in total. The molecule has 0 radical (unpaired) electrons. The van der Waals surface area contributed by atoms with Crippen molar-refractivity contribution >= 4 is 110 Å². The van der Waals surface area contributed by atoms with Crippen LogP contribution >= 0.6 is 45.3 Å². The van der Waals surface area contributed by atoms with Gasteiger partial charge in [-0.2, -0.15) is 10.5 Å². The number of anilines is 2. The highest BCUT2D eigenvalue weighted by Gasteiger charge is 2.55. The fraction of sp³-hybridized carbons (Fsp3) is 0.568. The minimum absolute atomic E-state index is 0.00799. The summed E-state index contributed by atoms with van der Waals surface area (Å²) < 4.78 is 43.8. The highest BCUT2D eigenvalue weighted by Crippen LogP contribution is 2.47. The van der Waals surface area contributed by atoms with Gasteiger partial charge in [0.15, 0.2) is 11.6 Å². The average molecular weight is 1920 g/mol. The first kappa shape index (κ1) is 102. The molecule has 9 amide bonds. The molecule has 128 heavy (non-hydrogen) atoms. The van der Waals surface area contributed by atoms with Crippen LogP contribution in [-0.4, -0.2) is 159 Å². The zero-order valence-corrected chi connectivity index (χ0v) is 78.7. The van der Waals surface area contributed by atoms with Crippen LogP contribution in [0.3, 0.4) is 0 Å². The number of halogens is 4. The number of aliphatic hydroxyl groups excluding tert-OH is 2. The zero-order valence-electron chi connectivity index (χ0n) is 74.9. The van der Waals surface area contributed by atoms with Crippen molar-refractivity contribution in [2.45, 2.75) is 284 Å². The number of nitrogens with two attached hydrogens (primary N) is 1. The van der Waals surface area contributed by atoms with E-state index in [0.29, 0.717) is 54.3 Å². The number of hydrogen-bond donors (Lipinski definition) is 11. The first-order valence-electron chi connectivity index (χ1n) is 45.0. The number of hydroxylamine groups is 1. The third-order valence-electron chi connectivity index (χ3n) is 24.0. The number of nitrogens with one attached hydrogen (secondary N) is 8. The number of thiazole rings is 2. The highest BCUT2D eigenvalue weighted by molar-refractivity contribution is 14.1. The van der Waals surface area contributed by atoms with E-state index in [1.54, 1.807) is 58.6 Å². The lowest BCUT2D eigenvalue weighted by molar-refractivity contribution is -0.144. The van der Waals surface area contributed by atoms with Crippen LogP contribution in [0, 0.1) is 79.2 Å². The second-order valence-electron chi connectivity index (χ2n) is 36.4. The van der Waals surface area contributed by atoms with Crippen LogP contribution in [0.2, 0.25) is 0 Å². The number of carbonyl (C=O) groups is 9. The molecule has 2 aliphatic heterocycles. The van der Waals surface area contributed by atoms with E-state index in [0.717, 1.165) is 153 Å². The van der Waals surface area contributed by atoms with Crippen molar-refractivity contribution in [2.24, 2.45) is 27.4 Å². The maximum atomic E-state index is 14.7. The average Bonchev–Trinajstić information content (AvgIpc) is 1.60. The largest absolute Gasteiger partial charge is 0.391 e. The Labute approximate surface area is 771 Å². The zero-order chi connectivity index (χ0) is 92.9. The van der Waals surface area contributed by atoms with Gasteiger partial charge in [-0.25, -0.2) is 28.6 Å². The van der Waals surface area contributed by atoms with Crippen molar-refractivity contribution in [3.05, 3.63) is 139 Å². The van der Waals surface area contributed by atoms with Crippen molar-refractivity contribution in [3.63, 3.8) is 0 Å². The maximum Gasteiger partial charge on any atom is 0.277 e. The number of unbranched alkanes of at least 4 members (excludes halogenated alkanes) is 18. The lowest BCUT2D eigenvalue weighted by Crippen LogP contribution is -2.58. The van der Waals surface area contributed by atoms with Gasteiger partial charge >= 0.3 is 0 Å². The fourth-order valence-electron chi connectivity index (χ4n) is 15.9. The fourth-order valence-corrected chi connectivity index (χ4v) is 17.9. The van der Waals surface area contributed by atoms with Crippen LogP contribution < -0.4 is 48.4 Å². The van der Waals surface area contributed by atoms with Crippen molar-refractivity contribution in [1.29, 1.82) is 10.5 Å². The van der Waals surface area contributed by atoms with Crippen molar-refractivity contribution in [1.82, 2.24) is 57.1 Å². The summed E-state index contributed by atoms with van der Waals surface area (Å²) in [4.78, 5) is 141. The van der Waals surface area contributed by atoms with Crippen molar-refractivity contribution in [3.8, 4) is 33.0 Å². The summed E-state index contributed by atoms with van der Waals surface area (Å²) in [7, 11) is 0. The number of carbonyl (C=O) groups excluding carboxylic acids is 9. The molecule has 10 rings (SSSR count). The van der Waals surface area contributed by atoms with E-state index in [9.17, 15) is 77.1 Å². The lowest BCUT2D eigenvalue weighted by Gasteiger charge is -2.36. The van der Waals surface area contributed by atoms with Gasteiger partial charge in [-0.05, 0) is 158 Å². The third kappa shape index (κ3) is 29.8. The minimum Gasteiger partial charge on any atom is -0.391 e. The molecule has 0 spiro atoms. The van der Waals surface area contributed by atoms with Crippen LogP contribution in [0.5, 0.6) is 0 Å². The summed E-state index contributed by atoms with van der Waals surface area (Å²) in [5.41, 5.74) is 11.9. The van der Waals surface area contributed by atoms with Gasteiger partial charge in [0.1, 0.15) is 40.8 Å². The minimum atomic E-state index is -1.31. The van der Waals surface area contributed by atoms with Gasteiger partial charge in [-0.15, -0.1) is 22.7 Å². The van der Waals surface area contributed by atoms with E-state index < -0.39 is 135 Å². The molecule has 4 fully saturated rings. The van der Waals surface area contributed by atoms with Crippen LogP contribution in [0.4, 0.5) is 24.5 Å². The van der Waals surface area contributed by atoms with Gasteiger partial charge in [0.2, 0.25) is 47.3 Å². The Kier molecular flexibility index (Phi) is 39.1. The molecule has 8 atom stereocenters. The van der Waals surface area contributed by atoms with Gasteiger partial charge < -0.3 is 63.0 Å². The number of hydrogen-bond acceptors (Lipinski definition) is 20. The van der Waals surface area contributed by atoms with Crippen LogP contribution in [0.15, 0.2) is 89.9 Å². The SMILES string of the molecule is Cc1ncsc1-c1ccc([C@H](CC(=O)NCCCCCCCCCCCCCCONC(=O)c2ccc(F)c(F)c2Nc2ccc(I)cc2F)NC(=O)[C@@H]2C[C@@H](O)CN2C(=O)[C@@H](NC(=O)C2(C#N)CC2)C(C)(C)C)cc1.Cc1ncsc1-c1ccc([C@H](CC(=O)NCCCCCCCCCCN)NC(=O)[C@@H]2C[C@@H](O)CN2C(=O)[C@@H](NC(=O)C2(C#N)CC2)C(C)(C)C)cc1. The molecule has 0 bridgehead atoms. The monoisotopic (exact) mass is 1920 g/mol. The number of likely N-dealkylation sites (tertiary alicyclic amines) is 2. The summed E-state index contributed by atoms with van der Waals surface area (Å²) in [5.74, 6) is -7.47. The summed E-state index contributed by atoms with van der Waals surface area (Å²) >= 11 is 4.98. The van der Waals surface area contributed by atoms with Crippen LogP contribution in [0.1, 0.15) is 266 Å². The van der Waals surface area contributed by atoms with Gasteiger partial charge in [0, 0.05) is 42.6 Å². The summed E-state index contributed by atoms with van der Waals surface area (Å²) in [6, 6.07) is 19.9. The molecule has 2 aromatic heterocycles. The first-order valence-corrected chi connectivity index (χ1v) is 47.8. The number of aliphatic hydroxyl groups is 2. The smallest absolute Gasteiger partial charge is 0.277 e. The number of aromatic nitrogens is 2. The molecule has 4 heterocycles. The standard InChI is InChI=1S/C56H70F3IN8O7S.C39H57N7O5S/c1-35-49(76-34-63-35)37-19-17-36(18-20-37)44(65-52(72)45-30-39(69)32-68(45)53(73)50(55(2,3)4)66-54(74)56(33-61)25-26-56)31-46(70)62-27-15-13-11-9-7-5-6-8-10-12-14-16-28-75-67-51(71)40-22-23-41(57)47(59)48(40)64-43-24-21-38(60)29-42(43)58;1-26-33(52-25-43-26)28-15-13-27(14-16-28)30(22-32(48)42-20-12-10-8-6-5-7-9-11-19-40)44-35(49)31-21-29(47)23-46(31)36(50)34(38(2,3)4)45-37(51)39(24-41)17-18-39/h17-24,29,34,39,44-45,50,64,69H,5-16,25-28,30-32H2,1-4H3,(H,62,70)(H,65,72)(H,66,74)(H,67,71);13-16,25,29-31,34,47H,5-12,17-23,40H2,1-4H3,(H,42,48)(H,44,49)(H,45,51)/t39-,44+,45+,50-;29-,30+,31+,34-/m11/s1. The molecule has 2 aliphatic carbocycles. The lowest BCUT2D eigenvalue weighted by atomic mass is 9.85. The van der Waals surface area contributed by atoms with Crippen LogP contribution in [0.25, 0.3) is 20.9 Å². The topological polar surface area (TPSA) is 405 Å². The second-order valence-corrected chi connectivity index (χ2v) is 39.4. The second kappa shape index (κ2) is 49.0. The molecule has 2 saturated carbocycles. The summed E-state index contributed by atoms with van der Waals surface area (Å²) in [6.07, 6.45) is 20.5. The quantitative estimate of drug-likeness (QED) is 0.00960. The van der Waals surface area contributed by atoms with E-state index >= 15 is 0 Å². The van der Waals surface area contributed by atoms with E-state index in [2.05, 4.69) is 64.8 Å². The number of nitrogens with zero attached hydrogens (tertiary/aromatic N) is 6. The Balaban J connectivity index is 0.000000310. The predicted octanol–water partition coefficient (Wildman–Crippen LogP) is 15.0. The molecule has 2 saturated heterocycles. The molecule has 4 aliphatic rings. The predicted molar refractivity (Wildman–Crippen MR) is 495 cm³/mol. The van der Waals surface area contributed by atoms with Gasteiger partial charge in [-0.1, -0.05) is 193 Å². The molecule has 6 aromatic rings. The Morgan fingerprint density at radius 3 is 1.32 bits per heavy atom. The third-order valence-corrected chi connectivity index (χ3v) is 26.6. The van der Waals surface area contributed by atoms with Crippen molar-refractivity contribution < 1.29 is 71.4 Å². The number of nitriles is 2. The molecule has 4 aromatic carbocycles. The molecule has 33 heteroatoms. The molecule has 0 unspecified atom stereocenters. The normalized spacial score (nSPS) is 17.5. The Morgan fingerprint density at radius 2 is 0.953 bits per heavy atom. The van der Waals surface area contributed by atoms with E-state index in [-0.39, 0.29) is 68.4 Å². The number of benzene rings is 4. The molecule has 27 nitrogen and oxygen atoms in total. The summed E-state index contributed by atoms with van der Waals surface area (Å²) in [5, 5.41) is 60.8.